The van der Waals surface area contributed by atoms with Crippen molar-refractivity contribution < 1.29 is 33.7 Å². The third-order valence-electron chi connectivity index (χ3n) is 7.09. The number of hydrogen-bond donors (Lipinski definition) is 4. The Hall–Kier alpha value is -3.70. The van der Waals surface area contributed by atoms with Crippen LogP contribution in [0.5, 0.6) is 11.5 Å². The minimum atomic E-state index is -1.20. The highest BCUT2D eigenvalue weighted by Crippen LogP contribution is 2.40. The molecule has 3 atom stereocenters. The van der Waals surface area contributed by atoms with Gasteiger partial charge in [0, 0.05) is 42.2 Å². The van der Waals surface area contributed by atoms with Gasteiger partial charge in [-0.25, -0.2) is 4.39 Å². The molecule has 0 spiro atoms. The number of aromatic nitrogens is 2. The third-order valence-corrected chi connectivity index (χ3v) is 7.09. The predicted octanol–water partition coefficient (Wildman–Crippen LogP) is 2.16. The number of carbonyl (C=O) groups excluding carboxylic acids is 2. The van der Waals surface area contributed by atoms with Crippen LogP contribution >= 0.6 is 0 Å². The topological polar surface area (TPSA) is 137 Å². The predicted molar refractivity (Wildman–Crippen MR) is 137 cm³/mol. The number of amides is 2. The molecule has 2 amide bonds. The van der Waals surface area contributed by atoms with Gasteiger partial charge in [-0.05, 0) is 44.7 Å². The molecule has 202 valence electrons. The van der Waals surface area contributed by atoms with Crippen molar-refractivity contribution in [3.63, 3.8) is 0 Å². The van der Waals surface area contributed by atoms with E-state index in [9.17, 15) is 24.2 Å². The maximum atomic E-state index is 14.6. The average Bonchev–Trinajstić information content (AvgIpc) is 3.55. The molecule has 3 aromatic rings. The van der Waals surface area contributed by atoms with Crippen molar-refractivity contribution in [3.8, 4) is 22.6 Å². The number of ether oxygens (including phenoxy) is 2. The molecule has 0 bridgehead atoms. The van der Waals surface area contributed by atoms with Crippen molar-refractivity contribution >= 4 is 22.8 Å². The molecule has 11 heteroatoms. The monoisotopic (exact) mass is 526 g/mol. The Morgan fingerprint density at radius 1 is 1.26 bits per heavy atom. The number of aromatic amines is 1. The van der Waals surface area contributed by atoms with Gasteiger partial charge in [0.25, 0.3) is 11.8 Å². The highest BCUT2D eigenvalue weighted by molar-refractivity contribution is 6.10. The first-order chi connectivity index (χ1) is 18.2. The first kappa shape index (κ1) is 25.9. The van der Waals surface area contributed by atoms with Crippen LogP contribution in [-0.2, 0) is 4.79 Å². The van der Waals surface area contributed by atoms with Crippen LogP contribution in [0.3, 0.4) is 0 Å². The number of likely N-dealkylation sites (tertiary alicyclic amines) is 1. The molecule has 4 N–H and O–H groups in total. The molecule has 10 nitrogen and oxygen atoms in total. The van der Waals surface area contributed by atoms with E-state index in [2.05, 4.69) is 15.3 Å². The minimum Gasteiger partial charge on any atom is -0.494 e. The quantitative estimate of drug-likeness (QED) is 0.353. The minimum absolute atomic E-state index is 0.0139. The molecule has 2 aliphatic rings. The first-order valence-electron chi connectivity index (χ1n) is 12.6. The standard InChI is InChI=1S/C27H31FN4O6/c1-13-23(26(35)31-19-10-32(11-20(19)34)27(36)14(2)33)25-24(30-13)16(6-7-29-25)17-8-22(37-3)18(28)9-21(17)38-12-15-4-5-15/h6-9,14-15,19-20,30,33-34H,4-5,10-12H2,1-3H3,(H,31,35)/t14-,19+,20-/m0/s1. The van der Waals surface area contributed by atoms with Crippen molar-refractivity contribution in [3.05, 3.63) is 41.5 Å². The summed E-state index contributed by atoms with van der Waals surface area (Å²) in [5, 5.41) is 22.8. The summed E-state index contributed by atoms with van der Waals surface area (Å²) in [5.74, 6) is -0.602. The van der Waals surface area contributed by atoms with E-state index in [1.165, 1.54) is 25.0 Å². The molecule has 1 saturated heterocycles. The number of aliphatic hydroxyl groups excluding tert-OH is 2. The SMILES string of the molecule is COc1cc(-c2ccnc3c(C(=O)N[C@@H]4CN(C(=O)[C@H](C)O)C[C@@H]4O)c(C)[nH]c23)c(OCC2CC2)cc1F. The van der Waals surface area contributed by atoms with Crippen molar-refractivity contribution in [2.75, 3.05) is 26.8 Å². The molecule has 0 unspecified atom stereocenters. The second-order valence-corrected chi connectivity index (χ2v) is 10.0. The number of benzene rings is 1. The van der Waals surface area contributed by atoms with Crippen LogP contribution in [0.25, 0.3) is 22.2 Å². The number of hydrogen-bond acceptors (Lipinski definition) is 7. The molecule has 1 saturated carbocycles. The molecule has 1 aromatic carbocycles. The summed E-state index contributed by atoms with van der Waals surface area (Å²) in [4.78, 5) is 34.5. The lowest BCUT2D eigenvalue weighted by Crippen LogP contribution is -2.43. The third kappa shape index (κ3) is 4.91. The number of nitrogens with one attached hydrogen (secondary N) is 2. The lowest BCUT2D eigenvalue weighted by atomic mass is 10.0. The Kier molecular flexibility index (Phi) is 6.97. The zero-order chi connectivity index (χ0) is 27.1. The molecule has 38 heavy (non-hydrogen) atoms. The Morgan fingerprint density at radius 2 is 2.03 bits per heavy atom. The number of aryl methyl sites for hydroxylation is 1. The van der Waals surface area contributed by atoms with Gasteiger partial charge in [0.15, 0.2) is 11.6 Å². The highest BCUT2D eigenvalue weighted by Gasteiger charge is 2.37. The summed E-state index contributed by atoms with van der Waals surface area (Å²) >= 11 is 0. The summed E-state index contributed by atoms with van der Waals surface area (Å²) in [7, 11) is 1.39. The summed E-state index contributed by atoms with van der Waals surface area (Å²) in [6.45, 7) is 3.68. The van der Waals surface area contributed by atoms with Crippen molar-refractivity contribution in [1.29, 1.82) is 0 Å². The molecular weight excluding hydrogens is 495 g/mol. The van der Waals surface area contributed by atoms with Gasteiger partial charge >= 0.3 is 0 Å². The number of β-amino-alcohol motifs (C(OH)–C–C–N with tert-alkyl or cyclic N) is 1. The van der Waals surface area contributed by atoms with Crippen LogP contribution < -0.4 is 14.8 Å². The fraction of sp³-hybridized carbons (Fsp3) is 0.444. The molecule has 2 aromatic heterocycles. The number of halogens is 1. The molecule has 1 aliphatic carbocycles. The van der Waals surface area contributed by atoms with Gasteiger partial charge in [0.05, 0.1) is 36.9 Å². The van der Waals surface area contributed by atoms with Gasteiger partial charge in [0.2, 0.25) is 0 Å². The normalized spacial score (nSPS) is 20.0. The number of pyridine rings is 1. The molecule has 2 fully saturated rings. The van der Waals surface area contributed by atoms with E-state index in [0.717, 1.165) is 12.8 Å². The fourth-order valence-electron chi connectivity index (χ4n) is 4.83. The van der Waals surface area contributed by atoms with Crippen LogP contribution in [0.2, 0.25) is 0 Å². The number of fused-ring (bicyclic) bond motifs is 1. The van der Waals surface area contributed by atoms with Gasteiger partial charge in [0.1, 0.15) is 17.4 Å². The van der Waals surface area contributed by atoms with Gasteiger partial charge in [-0.15, -0.1) is 0 Å². The molecule has 3 heterocycles. The van der Waals surface area contributed by atoms with Crippen LogP contribution in [0.1, 0.15) is 35.8 Å². The van der Waals surface area contributed by atoms with Crippen molar-refractivity contribution in [2.24, 2.45) is 5.92 Å². The number of nitrogens with zero attached hydrogens (tertiary/aromatic N) is 2. The van der Waals surface area contributed by atoms with Gasteiger partial charge in [-0.2, -0.15) is 0 Å². The number of aliphatic hydroxyl groups is 2. The maximum absolute atomic E-state index is 14.6. The lowest BCUT2D eigenvalue weighted by Gasteiger charge is -2.18. The van der Waals surface area contributed by atoms with E-state index >= 15 is 0 Å². The second-order valence-electron chi connectivity index (χ2n) is 10.0. The highest BCUT2D eigenvalue weighted by atomic mass is 19.1. The molecular formula is C27H31FN4O6. The molecule has 0 radical (unpaired) electrons. The smallest absolute Gasteiger partial charge is 0.255 e. The van der Waals surface area contributed by atoms with Crippen LogP contribution in [0.15, 0.2) is 24.4 Å². The van der Waals surface area contributed by atoms with E-state index < -0.39 is 35.9 Å². The summed E-state index contributed by atoms with van der Waals surface area (Å²) < 4.78 is 25.8. The largest absolute Gasteiger partial charge is 0.494 e. The Labute approximate surface area is 218 Å². The first-order valence-corrected chi connectivity index (χ1v) is 12.6. The lowest BCUT2D eigenvalue weighted by molar-refractivity contribution is -0.138. The van der Waals surface area contributed by atoms with E-state index in [0.29, 0.717) is 51.7 Å². The maximum Gasteiger partial charge on any atom is 0.255 e. The Morgan fingerprint density at radius 3 is 2.71 bits per heavy atom. The van der Waals surface area contributed by atoms with Crippen LogP contribution in [0, 0.1) is 18.7 Å². The van der Waals surface area contributed by atoms with E-state index in [1.54, 1.807) is 25.3 Å². The number of methoxy groups -OCH3 is 1. The van der Waals surface area contributed by atoms with E-state index in [1.807, 2.05) is 0 Å². The van der Waals surface area contributed by atoms with Crippen LogP contribution in [-0.4, -0.2) is 82.0 Å². The van der Waals surface area contributed by atoms with Crippen LogP contribution in [0.4, 0.5) is 4.39 Å². The van der Waals surface area contributed by atoms with E-state index in [4.69, 9.17) is 9.47 Å². The van der Waals surface area contributed by atoms with Gasteiger partial charge < -0.3 is 34.9 Å². The molecule has 1 aliphatic heterocycles. The number of rotatable bonds is 8. The van der Waals surface area contributed by atoms with Gasteiger partial charge in [-0.3, -0.25) is 14.6 Å². The second kappa shape index (κ2) is 10.2. The zero-order valence-corrected chi connectivity index (χ0v) is 21.5. The average molecular weight is 527 g/mol. The summed E-state index contributed by atoms with van der Waals surface area (Å²) in [6, 6.07) is 3.94. The molecule has 5 rings (SSSR count). The van der Waals surface area contributed by atoms with Gasteiger partial charge in [-0.1, -0.05) is 0 Å². The summed E-state index contributed by atoms with van der Waals surface area (Å²) in [5.41, 5.74) is 3.08. The van der Waals surface area contributed by atoms with E-state index in [-0.39, 0.29) is 18.8 Å². The number of H-pyrrole nitrogens is 1. The Bertz CT molecular complexity index is 1390. The van der Waals surface area contributed by atoms with Crippen molar-refractivity contribution in [2.45, 2.75) is 44.9 Å². The summed E-state index contributed by atoms with van der Waals surface area (Å²) in [6.07, 6.45) is 1.56. The fourth-order valence-corrected chi connectivity index (χ4v) is 4.83. The Balaban J connectivity index is 1.48. The van der Waals surface area contributed by atoms with Crippen molar-refractivity contribution in [1.82, 2.24) is 20.2 Å². The zero-order valence-electron chi connectivity index (χ0n) is 21.5. The number of carbonyl (C=O) groups is 2.